The van der Waals surface area contributed by atoms with Crippen LogP contribution in [0, 0.1) is 6.92 Å². The molecule has 1 amide bonds. The molecule has 0 aliphatic rings. The van der Waals surface area contributed by atoms with Crippen LogP contribution in [0.5, 0.6) is 0 Å². The lowest BCUT2D eigenvalue weighted by molar-refractivity contribution is 0.102. The number of nitrogens with zero attached hydrogens (tertiary/aromatic N) is 2. The van der Waals surface area contributed by atoms with Crippen molar-refractivity contribution in [3.05, 3.63) is 35.7 Å². The molecule has 1 aromatic carbocycles. The maximum Gasteiger partial charge on any atom is 0.277 e. The van der Waals surface area contributed by atoms with Crippen LogP contribution >= 0.6 is 0 Å². The second-order valence-electron chi connectivity index (χ2n) is 4.00. The van der Waals surface area contributed by atoms with E-state index in [1.807, 2.05) is 0 Å². The minimum Gasteiger partial charge on any atom is -0.321 e. The average molecular weight is 295 g/mol. The molecule has 20 heavy (non-hydrogen) atoms. The Labute approximate surface area is 115 Å². The van der Waals surface area contributed by atoms with Gasteiger partial charge in [-0.05, 0) is 31.7 Å². The number of sulfonamides is 1. The van der Waals surface area contributed by atoms with Gasteiger partial charge in [0.25, 0.3) is 5.91 Å². The van der Waals surface area contributed by atoms with Crippen LogP contribution < -0.4 is 10.0 Å². The summed E-state index contributed by atoms with van der Waals surface area (Å²) in [6, 6.07) is 4.61. The fourth-order valence-electron chi connectivity index (χ4n) is 1.58. The third-order valence-corrected chi connectivity index (χ3v) is 4.21. The predicted octanol–water partition coefficient (Wildman–Crippen LogP) is 0.274. The number of hydrogen-bond donors (Lipinski definition) is 3. The number of anilines is 1. The van der Waals surface area contributed by atoms with Crippen molar-refractivity contribution in [3.8, 4) is 0 Å². The van der Waals surface area contributed by atoms with Crippen LogP contribution in [0.3, 0.4) is 0 Å². The lowest BCUT2D eigenvalue weighted by atomic mass is 10.2. The summed E-state index contributed by atoms with van der Waals surface area (Å²) in [4.78, 5) is 11.9. The summed E-state index contributed by atoms with van der Waals surface area (Å²) in [5.41, 5.74) is 1.06. The van der Waals surface area contributed by atoms with Gasteiger partial charge in [-0.2, -0.15) is 15.4 Å². The van der Waals surface area contributed by atoms with Gasteiger partial charge in [0.05, 0.1) is 11.1 Å². The molecule has 0 fully saturated rings. The van der Waals surface area contributed by atoms with E-state index in [0.29, 0.717) is 11.3 Å². The largest absolute Gasteiger partial charge is 0.321 e. The van der Waals surface area contributed by atoms with Gasteiger partial charge < -0.3 is 5.32 Å². The molecule has 9 heteroatoms. The van der Waals surface area contributed by atoms with E-state index in [9.17, 15) is 13.2 Å². The molecule has 0 aliphatic heterocycles. The van der Waals surface area contributed by atoms with Crippen molar-refractivity contribution in [1.82, 2.24) is 20.1 Å². The Kier molecular flexibility index (Phi) is 3.81. The van der Waals surface area contributed by atoms with Crippen LogP contribution in [0.1, 0.15) is 16.1 Å². The first kappa shape index (κ1) is 14.2. The highest BCUT2D eigenvalue weighted by Gasteiger charge is 2.16. The van der Waals surface area contributed by atoms with Crippen molar-refractivity contribution in [3.63, 3.8) is 0 Å². The zero-order chi connectivity index (χ0) is 14.8. The molecule has 8 nitrogen and oxygen atoms in total. The summed E-state index contributed by atoms with van der Waals surface area (Å²) in [6.45, 7) is 1.67. The van der Waals surface area contributed by atoms with Crippen LogP contribution in [-0.2, 0) is 10.0 Å². The van der Waals surface area contributed by atoms with E-state index in [4.69, 9.17) is 0 Å². The van der Waals surface area contributed by atoms with Gasteiger partial charge in [-0.15, -0.1) is 0 Å². The van der Waals surface area contributed by atoms with Crippen molar-refractivity contribution >= 4 is 21.6 Å². The van der Waals surface area contributed by atoms with Gasteiger partial charge in [-0.3, -0.25) is 4.79 Å². The summed E-state index contributed by atoms with van der Waals surface area (Å²) in [7, 11) is -2.25. The Bertz CT molecular complexity index is 725. The molecule has 1 aromatic heterocycles. The molecular formula is C11H13N5O3S. The molecule has 0 spiro atoms. The molecular weight excluding hydrogens is 282 g/mol. The average Bonchev–Trinajstić information content (AvgIpc) is 2.95. The molecule has 2 rings (SSSR count). The van der Waals surface area contributed by atoms with E-state index in [2.05, 4.69) is 25.4 Å². The number of H-pyrrole nitrogens is 1. The van der Waals surface area contributed by atoms with Gasteiger partial charge in [0.15, 0.2) is 5.69 Å². The number of aromatic nitrogens is 3. The molecule has 0 atom stereocenters. The highest BCUT2D eigenvalue weighted by molar-refractivity contribution is 7.89. The molecule has 106 valence electrons. The lowest BCUT2D eigenvalue weighted by Crippen LogP contribution is -2.20. The van der Waals surface area contributed by atoms with Gasteiger partial charge >= 0.3 is 0 Å². The molecule has 0 aliphatic carbocycles. The highest BCUT2D eigenvalue weighted by Crippen LogP contribution is 2.20. The molecule has 0 saturated heterocycles. The van der Waals surface area contributed by atoms with E-state index in [-0.39, 0.29) is 10.6 Å². The van der Waals surface area contributed by atoms with E-state index < -0.39 is 15.9 Å². The molecule has 1 heterocycles. The monoisotopic (exact) mass is 295 g/mol. The fourth-order valence-corrected chi connectivity index (χ4v) is 2.58. The number of hydrogen-bond acceptors (Lipinski definition) is 5. The molecule has 0 bridgehead atoms. The minimum absolute atomic E-state index is 0.109. The number of rotatable bonds is 4. The van der Waals surface area contributed by atoms with Crippen molar-refractivity contribution < 1.29 is 13.2 Å². The van der Waals surface area contributed by atoms with Crippen LogP contribution in [-0.4, -0.2) is 36.8 Å². The Morgan fingerprint density at radius 2 is 2.10 bits per heavy atom. The number of benzene rings is 1. The zero-order valence-electron chi connectivity index (χ0n) is 10.8. The first-order chi connectivity index (χ1) is 9.44. The van der Waals surface area contributed by atoms with Gasteiger partial charge in [0.2, 0.25) is 10.0 Å². The first-order valence-electron chi connectivity index (χ1n) is 5.65. The van der Waals surface area contributed by atoms with E-state index in [1.54, 1.807) is 19.1 Å². The number of carbonyl (C=O) groups excluding carboxylic acids is 1. The quantitative estimate of drug-likeness (QED) is 0.748. The number of nitrogens with one attached hydrogen (secondary N) is 3. The number of aromatic amines is 1. The minimum atomic E-state index is -3.58. The summed E-state index contributed by atoms with van der Waals surface area (Å²) < 4.78 is 25.9. The van der Waals surface area contributed by atoms with Crippen LogP contribution in [0.4, 0.5) is 5.69 Å². The van der Waals surface area contributed by atoms with Crippen LogP contribution in [0.2, 0.25) is 0 Å². The van der Waals surface area contributed by atoms with Gasteiger partial charge in [-0.25, -0.2) is 13.1 Å². The second kappa shape index (κ2) is 5.39. The molecule has 2 aromatic rings. The third kappa shape index (κ3) is 2.83. The van der Waals surface area contributed by atoms with Crippen molar-refractivity contribution in [1.29, 1.82) is 0 Å². The second-order valence-corrected chi connectivity index (χ2v) is 5.85. The van der Waals surface area contributed by atoms with E-state index in [1.165, 1.54) is 19.3 Å². The van der Waals surface area contributed by atoms with E-state index in [0.717, 1.165) is 0 Å². The standard InChI is InChI=1S/C11H13N5O3S/c1-7-3-4-8(5-10(7)20(18,19)12-2)14-11(17)9-6-13-16-15-9/h3-6,12H,1-2H3,(H,14,17)(H,13,15,16). The number of carbonyl (C=O) groups is 1. The Balaban J connectivity index is 2.31. The topological polar surface area (TPSA) is 117 Å². The van der Waals surface area contributed by atoms with E-state index >= 15 is 0 Å². The van der Waals surface area contributed by atoms with Crippen molar-refractivity contribution in [2.24, 2.45) is 0 Å². The Morgan fingerprint density at radius 1 is 1.35 bits per heavy atom. The predicted molar refractivity (Wildman–Crippen MR) is 71.8 cm³/mol. The zero-order valence-corrected chi connectivity index (χ0v) is 11.7. The van der Waals surface area contributed by atoms with Gasteiger partial charge in [0, 0.05) is 5.69 Å². The van der Waals surface area contributed by atoms with Crippen molar-refractivity contribution in [2.45, 2.75) is 11.8 Å². The Morgan fingerprint density at radius 3 is 2.70 bits per heavy atom. The normalized spacial score (nSPS) is 11.3. The first-order valence-corrected chi connectivity index (χ1v) is 7.13. The van der Waals surface area contributed by atoms with Crippen LogP contribution in [0.15, 0.2) is 29.3 Å². The molecule has 0 unspecified atom stereocenters. The summed E-state index contributed by atoms with van der Waals surface area (Å²) in [5, 5.41) is 12.0. The molecule has 3 N–H and O–H groups in total. The summed E-state index contributed by atoms with van der Waals surface area (Å²) >= 11 is 0. The SMILES string of the molecule is CNS(=O)(=O)c1cc(NC(=O)c2cn[nH]n2)ccc1C. The smallest absolute Gasteiger partial charge is 0.277 e. The molecule has 0 radical (unpaired) electrons. The molecule has 0 saturated carbocycles. The van der Waals surface area contributed by atoms with Gasteiger partial charge in [0.1, 0.15) is 0 Å². The van der Waals surface area contributed by atoms with Crippen molar-refractivity contribution in [2.75, 3.05) is 12.4 Å². The number of amides is 1. The fraction of sp³-hybridized carbons (Fsp3) is 0.182. The Hall–Kier alpha value is -2.26. The maximum absolute atomic E-state index is 11.8. The van der Waals surface area contributed by atoms with Crippen LogP contribution in [0.25, 0.3) is 0 Å². The summed E-state index contributed by atoms with van der Waals surface area (Å²) in [5.74, 6) is -0.476. The summed E-state index contributed by atoms with van der Waals surface area (Å²) in [6.07, 6.45) is 1.27. The third-order valence-electron chi connectivity index (χ3n) is 2.65. The number of aryl methyl sites for hydroxylation is 1. The highest BCUT2D eigenvalue weighted by atomic mass is 32.2. The van der Waals surface area contributed by atoms with Gasteiger partial charge in [-0.1, -0.05) is 6.07 Å². The maximum atomic E-state index is 11.8. The lowest BCUT2D eigenvalue weighted by Gasteiger charge is -2.09.